The zero-order chi connectivity index (χ0) is 50.6. The molecule has 370 valence electrons. The van der Waals surface area contributed by atoms with Crippen molar-refractivity contribution < 1.29 is 0 Å². The Morgan fingerprint density at radius 1 is 0.347 bits per heavy atom. The average Bonchev–Trinajstić information content (AvgIpc) is 4.19. The van der Waals surface area contributed by atoms with Gasteiger partial charge in [-0.1, -0.05) is 73.6 Å². The number of aromatic amines is 6. The van der Waals surface area contributed by atoms with Gasteiger partial charge in [0.05, 0.1) is 80.2 Å². The summed E-state index contributed by atoms with van der Waals surface area (Å²) < 4.78 is 0. The van der Waals surface area contributed by atoms with Crippen molar-refractivity contribution in [3.8, 4) is 68.3 Å². The summed E-state index contributed by atoms with van der Waals surface area (Å²) in [6.07, 6.45) is 3.64. The monoisotopic (exact) mass is 956 g/mol. The minimum atomic E-state index is -0.212. The minimum absolute atomic E-state index is 0.212. The second-order valence-corrected chi connectivity index (χ2v) is 23.1. The normalized spacial score (nSPS) is 15.0. The number of rotatable bonds is 8. The van der Waals surface area contributed by atoms with Crippen LogP contribution in [0, 0.1) is 65.2 Å². The smallest absolute Gasteiger partial charge is 0.0875 e. The molecule has 0 aromatic carbocycles. The van der Waals surface area contributed by atoms with Gasteiger partial charge >= 0.3 is 0 Å². The van der Waals surface area contributed by atoms with Crippen molar-refractivity contribution >= 4 is 0 Å². The van der Waals surface area contributed by atoms with Crippen molar-refractivity contribution in [3.05, 3.63) is 157 Å². The number of aromatic nitrogens is 9. The molecule has 3 aliphatic rings. The highest BCUT2D eigenvalue weighted by Gasteiger charge is 2.36. The predicted molar refractivity (Wildman–Crippen MR) is 296 cm³/mol. The average molecular weight is 956 g/mol. The fourth-order valence-electron chi connectivity index (χ4n) is 12.4. The van der Waals surface area contributed by atoms with Gasteiger partial charge in [0.15, 0.2) is 0 Å². The van der Waals surface area contributed by atoms with E-state index in [2.05, 4.69) is 194 Å². The topological polar surface area (TPSA) is 133 Å². The summed E-state index contributed by atoms with van der Waals surface area (Å²) in [5.74, 6) is 1.21. The van der Waals surface area contributed by atoms with Crippen LogP contribution in [-0.2, 0) is 25.7 Å². The summed E-state index contributed by atoms with van der Waals surface area (Å²) in [6.45, 7) is 32.4. The van der Waals surface area contributed by atoms with E-state index >= 15 is 0 Å². The van der Waals surface area contributed by atoms with E-state index in [1.807, 2.05) is 0 Å². The van der Waals surface area contributed by atoms with Gasteiger partial charge in [0.1, 0.15) is 0 Å². The Balaban J connectivity index is 1.35. The van der Waals surface area contributed by atoms with Gasteiger partial charge in [0, 0.05) is 34.2 Å². The van der Waals surface area contributed by atoms with Crippen molar-refractivity contribution in [2.45, 2.75) is 134 Å². The van der Waals surface area contributed by atoms with E-state index in [0.29, 0.717) is 23.7 Å². The number of nitrogens with zero attached hydrogens (tertiary/aromatic N) is 3. The maximum absolute atomic E-state index is 5.67. The Morgan fingerprint density at radius 2 is 0.597 bits per heavy atom. The van der Waals surface area contributed by atoms with Crippen LogP contribution in [0.15, 0.2) is 66.7 Å². The van der Waals surface area contributed by atoms with Crippen molar-refractivity contribution in [2.75, 3.05) is 0 Å². The molecule has 12 rings (SSSR count). The van der Waals surface area contributed by atoms with E-state index in [-0.39, 0.29) is 11.8 Å². The third kappa shape index (κ3) is 7.95. The number of nitrogens with one attached hydrogen (secondary N) is 6. The first-order valence-corrected chi connectivity index (χ1v) is 26.6. The standard InChI is InChI=1S/C63H73N9/c1-30(2)24-40-36(11)56-46-20-16-21-47(65-46)58-38(13)42(26-32(5)6)62(71-58)53-55-35(10)29-51(68-55)45-19-15-18-44(64-45)50-28-34(9)54(67-50)52(60(40)69-56)61-41(25-31(3)4)37(12)57(70-61)48-22-17-23-49(66-48)59-39(14)43(27-33(7)8)63(53)72-59/h15-23,28-33,52-53,67-72H,24-27H2,1-14H3. The molecule has 72 heavy (non-hydrogen) atoms. The number of pyridine rings is 3. The second kappa shape index (κ2) is 18.0. The lowest BCUT2D eigenvalue weighted by atomic mass is 9.85. The molecule has 9 aromatic heterocycles. The minimum Gasteiger partial charge on any atom is -0.356 e. The fourth-order valence-corrected chi connectivity index (χ4v) is 12.4. The summed E-state index contributed by atoms with van der Waals surface area (Å²) in [7, 11) is 0. The SMILES string of the molecule is Cc1cc2[nH]c1C1c3[nH]c(c(C)c3CC(C)C)-c3cccc(n3)-c3[nH]c(c(CC(C)C)c3C)C(c3[nH]c(cc3C)-c3cccc-2n3)c2[nH]c(c(C)c2CC(C)C)-c2cccc(n2)-c2[nH]c1c(CC(C)C)c2C. The molecule has 0 saturated carbocycles. The molecule has 0 aliphatic carbocycles. The van der Waals surface area contributed by atoms with Crippen LogP contribution < -0.4 is 0 Å². The van der Waals surface area contributed by atoms with Crippen molar-refractivity contribution in [1.29, 1.82) is 0 Å². The molecule has 9 nitrogen and oxygen atoms in total. The van der Waals surface area contributed by atoms with Gasteiger partial charge in [-0.2, -0.15) is 0 Å². The first kappa shape index (κ1) is 47.5. The van der Waals surface area contributed by atoms with Gasteiger partial charge in [-0.3, -0.25) is 0 Å². The Bertz CT molecular complexity index is 3140. The van der Waals surface area contributed by atoms with Crippen molar-refractivity contribution in [3.63, 3.8) is 0 Å². The third-order valence-electron chi connectivity index (χ3n) is 15.8. The van der Waals surface area contributed by atoms with Crippen LogP contribution in [0.2, 0.25) is 0 Å². The highest BCUT2D eigenvalue weighted by molar-refractivity contribution is 5.75. The van der Waals surface area contributed by atoms with Crippen LogP contribution in [-0.4, -0.2) is 44.9 Å². The van der Waals surface area contributed by atoms with Gasteiger partial charge in [-0.05, 0) is 195 Å². The Morgan fingerprint density at radius 3 is 0.861 bits per heavy atom. The van der Waals surface area contributed by atoms with Crippen molar-refractivity contribution in [1.82, 2.24) is 44.9 Å². The molecule has 12 heterocycles. The maximum Gasteiger partial charge on any atom is 0.0875 e. The summed E-state index contributed by atoms with van der Waals surface area (Å²) in [4.78, 5) is 41.7. The van der Waals surface area contributed by atoms with Crippen molar-refractivity contribution in [2.24, 2.45) is 23.7 Å². The quantitative estimate of drug-likeness (QED) is 0.0906. The molecule has 0 spiro atoms. The third-order valence-corrected chi connectivity index (χ3v) is 15.8. The molecule has 0 radical (unpaired) electrons. The molecular weight excluding hydrogens is 883 g/mol. The highest BCUT2D eigenvalue weighted by atomic mass is 14.9. The molecule has 0 atom stereocenters. The Kier molecular flexibility index (Phi) is 11.9. The highest BCUT2D eigenvalue weighted by Crippen LogP contribution is 2.47. The largest absolute Gasteiger partial charge is 0.356 e. The molecule has 0 amide bonds. The molecule has 0 unspecified atom stereocenters. The van der Waals surface area contributed by atoms with Gasteiger partial charge < -0.3 is 29.9 Å². The van der Waals surface area contributed by atoms with Crippen LogP contribution in [0.1, 0.15) is 157 Å². The van der Waals surface area contributed by atoms with Gasteiger partial charge in [0.25, 0.3) is 0 Å². The van der Waals surface area contributed by atoms with E-state index in [4.69, 9.17) is 15.0 Å². The van der Waals surface area contributed by atoms with E-state index < -0.39 is 0 Å². The van der Waals surface area contributed by atoms with Crippen LogP contribution in [0.25, 0.3) is 68.3 Å². The number of H-pyrrole nitrogens is 6. The summed E-state index contributed by atoms with van der Waals surface area (Å²) >= 11 is 0. The lowest BCUT2D eigenvalue weighted by Gasteiger charge is -2.22. The molecule has 9 heteroatoms. The zero-order valence-corrected chi connectivity index (χ0v) is 45.0. The molecule has 6 N–H and O–H groups in total. The van der Waals surface area contributed by atoms with Gasteiger partial charge in [-0.25, -0.2) is 15.0 Å². The molecular formula is C63H73N9. The summed E-state index contributed by atoms with van der Waals surface area (Å²) in [6, 6.07) is 24.2. The molecule has 0 fully saturated rings. The van der Waals surface area contributed by atoms with Crippen LogP contribution in [0.5, 0.6) is 0 Å². The van der Waals surface area contributed by atoms with Gasteiger partial charge in [-0.15, -0.1) is 0 Å². The van der Waals surface area contributed by atoms with Crippen LogP contribution >= 0.6 is 0 Å². The van der Waals surface area contributed by atoms with E-state index in [1.54, 1.807) is 0 Å². The van der Waals surface area contributed by atoms with E-state index in [9.17, 15) is 0 Å². The van der Waals surface area contributed by atoms with Crippen LogP contribution in [0.3, 0.4) is 0 Å². The lowest BCUT2D eigenvalue weighted by Crippen LogP contribution is -2.13. The maximum atomic E-state index is 5.67. The van der Waals surface area contributed by atoms with Crippen LogP contribution in [0.4, 0.5) is 0 Å². The number of hydrogen-bond donors (Lipinski definition) is 6. The molecule has 0 saturated heterocycles. The number of hydrogen-bond acceptors (Lipinski definition) is 3. The van der Waals surface area contributed by atoms with E-state index in [0.717, 1.165) is 105 Å². The lowest BCUT2D eigenvalue weighted by molar-refractivity contribution is 0.630. The first-order valence-electron chi connectivity index (χ1n) is 26.6. The summed E-state index contributed by atoms with van der Waals surface area (Å²) in [5.41, 5.74) is 31.5. The van der Waals surface area contributed by atoms with E-state index in [1.165, 1.54) is 78.4 Å². The molecule has 20 bridgehead atoms. The Hall–Kier alpha value is -6.87. The summed E-state index contributed by atoms with van der Waals surface area (Å²) in [5, 5.41) is 0. The second-order valence-electron chi connectivity index (χ2n) is 23.1. The predicted octanol–water partition coefficient (Wildman–Crippen LogP) is 15.5. The first-order chi connectivity index (χ1) is 34.4. The Labute approximate surface area is 426 Å². The van der Waals surface area contributed by atoms with Gasteiger partial charge in [0.2, 0.25) is 0 Å². The molecule has 3 aliphatic heterocycles. The fraction of sp³-hybridized carbons (Fsp3) is 0.381. The zero-order valence-electron chi connectivity index (χ0n) is 45.0. The number of aryl methyl sites for hydroxylation is 2. The molecule has 9 aromatic rings.